The lowest BCUT2D eigenvalue weighted by molar-refractivity contribution is -0.143. The molecule has 0 bridgehead atoms. The van der Waals surface area contributed by atoms with Crippen molar-refractivity contribution in [2.75, 3.05) is 26.7 Å². The molecule has 1 spiro atoms. The quantitative estimate of drug-likeness (QED) is 0.485. The van der Waals surface area contributed by atoms with E-state index in [2.05, 4.69) is 34.3 Å². The van der Waals surface area contributed by atoms with E-state index in [-0.39, 0.29) is 17.2 Å². The minimum Gasteiger partial charge on any atom is -0.497 e. The summed E-state index contributed by atoms with van der Waals surface area (Å²) in [6, 6.07) is 13.3. The molecule has 36 heavy (non-hydrogen) atoms. The molecule has 5 nitrogen and oxygen atoms in total. The van der Waals surface area contributed by atoms with E-state index >= 15 is 0 Å². The van der Waals surface area contributed by atoms with Gasteiger partial charge in [0, 0.05) is 52.6 Å². The molecule has 6 heteroatoms. The number of nitrogens with one attached hydrogen (secondary N) is 2. The fraction of sp³-hybridized carbons (Fsp3) is 0.500. The lowest BCUT2D eigenvalue weighted by atomic mass is 9.62. The van der Waals surface area contributed by atoms with Gasteiger partial charge in [-0.2, -0.15) is 0 Å². The van der Waals surface area contributed by atoms with Gasteiger partial charge in [-0.25, -0.2) is 4.39 Å². The van der Waals surface area contributed by atoms with Crippen LogP contribution >= 0.6 is 0 Å². The number of fused-ring (bicyclic) bond motifs is 4. The molecule has 1 unspecified atom stereocenters. The van der Waals surface area contributed by atoms with E-state index in [0.29, 0.717) is 24.3 Å². The van der Waals surface area contributed by atoms with Crippen molar-refractivity contribution in [3.05, 3.63) is 65.1 Å². The van der Waals surface area contributed by atoms with Crippen molar-refractivity contribution in [3.63, 3.8) is 0 Å². The van der Waals surface area contributed by atoms with Crippen molar-refractivity contribution in [2.24, 2.45) is 5.92 Å². The summed E-state index contributed by atoms with van der Waals surface area (Å²) in [5, 5.41) is 4.73. The van der Waals surface area contributed by atoms with Gasteiger partial charge in [-0.05, 0) is 69.0 Å². The van der Waals surface area contributed by atoms with E-state index in [1.807, 2.05) is 18.2 Å². The van der Waals surface area contributed by atoms with Gasteiger partial charge >= 0.3 is 0 Å². The number of H-pyrrole nitrogens is 1. The number of piperidine rings is 1. The third kappa shape index (κ3) is 3.45. The molecular weight excluding hydrogens is 453 g/mol. The molecule has 1 aromatic heterocycles. The second kappa shape index (κ2) is 9.00. The van der Waals surface area contributed by atoms with Crippen molar-refractivity contribution in [2.45, 2.75) is 62.9 Å². The number of aromatic amines is 1. The van der Waals surface area contributed by atoms with Gasteiger partial charge in [0.15, 0.2) is 5.78 Å². The Kier molecular flexibility index (Phi) is 5.92. The Morgan fingerprint density at radius 1 is 1.17 bits per heavy atom. The number of halogens is 1. The topological polar surface area (TPSA) is 57.4 Å². The first-order valence-corrected chi connectivity index (χ1v) is 13.5. The molecule has 1 atom stereocenters. The zero-order chi connectivity index (χ0) is 24.9. The second-order valence-electron chi connectivity index (χ2n) is 11.0. The van der Waals surface area contributed by atoms with Crippen LogP contribution in [0, 0.1) is 11.7 Å². The first kappa shape index (κ1) is 23.7. The van der Waals surface area contributed by atoms with Crippen LogP contribution in [0.4, 0.5) is 4.39 Å². The van der Waals surface area contributed by atoms with Crippen molar-refractivity contribution in [1.82, 2.24) is 15.2 Å². The van der Waals surface area contributed by atoms with Crippen LogP contribution < -0.4 is 10.1 Å². The molecule has 1 saturated heterocycles. The van der Waals surface area contributed by atoms with Crippen LogP contribution in [0.15, 0.2) is 42.5 Å². The lowest BCUT2D eigenvalue weighted by Gasteiger charge is -2.55. The van der Waals surface area contributed by atoms with Gasteiger partial charge in [-0.1, -0.05) is 31.5 Å². The summed E-state index contributed by atoms with van der Waals surface area (Å²) < 4.78 is 20.5. The highest BCUT2D eigenvalue weighted by Gasteiger charge is 2.57. The zero-order valence-electron chi connectivity index (χ0n) is 21.3. The van der Waals surface area contributed by atoms with E-state index in [9.17, 15) is 9.18 Å². The average Bonchev–Trinajstić information content (AvgIpc) is 3.25. The monoisotopic (exact) mass is 489 g/mol. The van der Waals surface area contributed by atoms with Gasteiger partial charge < -0.3 is 15.0 Å². The van der Waals surface area contributed by atoms with Gasteiger partial charge in [-0.15, -0.1) is 0 Å². The second-order valence-corrected chi connectivity index (χ2v) is 11.0. The van der Waals surface area contributed by atoms with Crippen LogP contribution in [-0.4, -0.2) is 42.4 Å². The molecule has 2 aliphatic heterocycles. The van der Waals surface area contributed by atoms with E-state index in [1.54, 1.807) is 13.2 Å². The standard InChI is InChI=1S/C30H36FN3O2/c1-3-30(28(35)20-8-6-9-20)27-26(23-12-11-22(36-2)17-25(23)33-27)29(13-15-32-16-14-29)19-34(30)18-21-7-4-5-10-24(21)31/h4-5,7,10-12,17,20,32-33H,3,6,8-9,13-16,18-19H2,1-2H3. The average molecular weight is 490 g/mol. The maximum Gasteiger partial charge on any atom is 0.162 e. The van der Waals surface area contributed by atoms with Gasteiger partial charge in [0.05, 0.1) is 7.11 Å². The van der Waals surface area contributed by atoms with Crippen molar-refractivity contribution in [1.29, 1.82) is 0 Å². The molecule has 0 radical (unpaired) electrons. The molecule has 0 amide bonds. The van der Waals surface area contributed by atoms with Crippen molar-refractivity contribution in [3.8, 4) is 5.75 Å². The Labute approximate surface area is 212 Å². The van der Waals surface area contributed by atoms with Gasteiger partial charge in [0.2, 0.25) is 0 Å². The Bertz CT molecular complexity index is 1290. The third-order valence-corrected chi connectivity index (χ3v) is 9.26. The van der Waals surface area contributed by atoms with E-state index in [4.69, 9.17) is 4.74 Å². The summed E-state index contributed by atoms with van der Waals surface area (Å²) in [6.07, 6.45) is 5.64. The summed E-state index contributed by atoms with van der Waals surface area (Å²) in [7, 11) is 1.69. The molecule has 6 rings (SSSR count). The fourth-order valence-corrected chi connectivity index (χ4v) is 7.10. The number of ether oxygens (including phenoxy) is 1. The zero-order valence-corrected chi connectivity index (χ0v) is 21.3. The SMILES string of the molecule is CCC1(C(=O)C2CCC2)c2[nH]c3cc(OC)ccc3c2C2(CCNCC2)CN1Cc1ccccc1F. The molecule has 2 fully saturated rings. The minimum atomic E-state index is -0.801. The number of carbonyl (C=O) groups excluding carboxylic acids is 1. The number of aromatic nitrogens is 1. The number of nitrogens with zero attached hydrogens (tertiary/aromatic N) is 1. The van der Waals surface area contributed by atoms with Crippen LogP contribution in [-0.2, 0) is 22.3 Å². The molecule has 1 aliphatic carbocycles. The summed E-state index contributed by atoms with van der Waals surface area (Å²) in [4.78, 5) is 20.6. The highest BCUT2D eigenvalue weighted by atomic mass is 19.1. The minimum absolute atomic E-state index is 0.0731. The molecule has 2 N–H and O–H groups in total. The summed E-state index contributed by atoms with van der Waals surface area (Å²) in [5.74, 6) is 0.973. The number of Topliss-reactive ketones (excluding diaryl/α,β-unsaturated/α-hetero) is 1. The van der Waals surface area contributed by atoms with E-state index in [1.165, 1.54) is 17.0 Å². The molecular formula is C30H36FN3O2. The van der Waals surface area contributed by atoms with Crippen LogP contribution in [0.3, 0.4) is 0 Å². The molecule has 3 aromatic rings. The molecule has 190 valence electrons. The molecule has 3 aliphatic rings. The Morgan fingerprint density at radius 3 is 2.61 bits per heavy atom. The normalized spacial score (nSPS) is 24.0. The van der Waals surface area contributed by atoms with Crippen LogP contribution in [0.1, 0.15) is 62.3 Å². The first-order chi connectivity index (χ1) is 17.5. The lowest BCUT2D eigenvalue weighted by Crippen LogP contribution is -2.63. The van der Waals surface area contributed by atoms with Crippen LogP contribution in [0.5, 0.6) is 5.75 Å². The number of hydrogen-bond acceptors (Lipinski definition) is 4. The number of carbonyl (C=O) groups is 1. The highest BCUT2D eigenvalue weighted by molar-refractivity contribution is 5.96. The largest absolute Gasteiger partial charge is 0.497 e. The van der Waals surface area contributed by atoms with Gasteiger partial charge in [0.25, 0.3) is 0 Å². The molecule has 3 heterocycles. The smallest absolute Gasteiger partial charge is 0.162 e. The van der Waals surface area contributed by atoms with Gasteiger partial charge in [-0.3, -0.25) is 9.69 Å². The number of benzene rings is 2. The van der Waals surface area contributed by atoms with Gasteiger partial charge in [0.1, 0.15) is 17.1 Å². The number of ketones is 1. The van der Waals surface area contributed by atoms with Crippen LogP contribution in [0.25, 0.3) is 10.9 Å². The fourth-order valence-electron chi connectivity index (χ4n) is 7.10. The maximum absolute atomic E-state index is 15.0. The maximum atomic E-state index is 15.0. The molecule has 2 aromatic carbocycles. The number of rotatable bonds is 6. The third-order valence-electron chi connectivity index (χ3n) is 9.26. The first-order valence-electron chi connectivity index (χ1n) is 13.5. The Hall–Kier alpha value is -2.70. The summed E-state index contributed by atoms with van der Waals surface area (Å²) in [6.45, 7) is 5.17. The Morgan fingerprint density at radius 2 is 1.94 bits per heavy atom. The predicted octanol–water partition coefficient (Wildman–Crippen LogP) is 5.43. The Balaban J connectivity index is 1.60. The highest BCUT2D eigenvalue weighted by Crippen LogP contribution is 2.54. The van der Waals surface area contributed by atoms with E-state index in [0.717, 1.165) is 68.7 Å². The predicted molar refractivity (Wildman–Crippen MR) is 140 cm³/mol. The van der Waals surface area contributed by atoms with Crippen molar-refractivity contribution < 1.29 is 13.9 Å². The summed E-state index contributed by atoms with van der Waals surface area (Å²) in [5.41, 5.74) is 3.12. The number of hydrogen-bond donors (Lipinski definition) is 2. The summed E-state index contributed by atoms with van der Waals surface area (Å²) >= 11 is 0. The van der Waals surface area contributed by atoms with Crippen LogP contribution in [0.2, 0.25) is 0 Å². The number of methoxy groups -OCH3 is 1. The van der Waals surface area contributed by atoms with Crippen molar-refractivity contribution >= 4 is 16.7 Å². The van der Waals surface area contributed by atoms with E-state index < -0.39 is 5.54 Å². The molecule has 1 saturated carbocycles.